The van der Waals surface area contributed by atoms with Crippen molar-refractivity contribution in [1.29, 1.82) is 0 Å². The number of amides is 1. The normalized spacial score (nSPS) is 21.6. The van der Waals surface area contributed by atoms with Crippen LogP contribution in [0.15, 0.2) is 0 Å². The second kappa shape index (κ2) is 7.91. The van der Waals surface area contributed by atoms with Crippen LogP contribution in [0.1, 0.15) is 33.6 Å². The van der Waals surface area contributed by atoms with Crippen molar-refractivity contribution >= 4 is 18.3 Å². The van der Waals surface area contributed by atoms with Gasteiger partial charge in [0.2, 0.25) is 5.91 Å². The van der Waals surface area contributed by atoms with Crippen molar-refractivity contribution in [2.24, 2.45) is 17.8 Å². The highest BCUT2D eigenvalue weighted by molar-refractivity contribution is 5.85. The largest absolute Gasteiger partial charge is 0.356 e. The van der Waals surface area contributed by atoms with E-state index in [4.69, 9.17) is 0 Å². The third kappa shape index (κ3) is 5.17. The Labute approximate surface area is 105 Å². The first-order valence-electron chi connectivity index (χ1n) is 6.09. The van der Waals surface area contributed by atoms with Gasteiger partial charge in [-0.2, -0.15) is 0 Å². The van der Waals surface area contributed by atoms with Crippen LogP contribution in [0.3, 0.4) is 0 Å². The predicted octanol–water partition coefficient (Wildman–Crippen LogP) is 1.82. The molecule has 0 radical (unpaired) electrons. The molecule has 96 valence electrons. The fourth-order valence-electron chi connectivity index (χ4n) is 1.82. The predicted molar refractivity (Wildman–Crippen MR) is 69.9 cm³/mol. The van der Waals surface area contributed by atoms with Crippen LogP contribution in [0.2, 0.25) is 0 Å². The van der Waals surface area contributed by atoms with Crippen molar-refractivity contribution in [3.8, 4) is 0 Å². The van der Waals surface area contributed by atoms with Crippen molar-refractivity contribution in [2.75, 3.05) is 19.6 Å². The highest BCUT2D eigenvalue weighted by atomic mass is 35.5. The maximum absolute atomic E-state index is 11.6. The van der Waals surface area contributed by atoms with E-state index in [0.29, 0.717) is 5.92 Å². The van der Waals surface area contributed by atoms with E-state index in [2.05, 4.69) is 24.5 Å². The smallest absolute Gasteiger partial charge is 0.223 e. The van der Waals surface area contributed by atoms with Crippen LogP contribution in [0.25, 0.3) is 0 Å². The third-order valence-electron chi connectivity index (χ3n) is 3.43. The summed E-state index contributed by atoms with van der Waals surface area (Å²) in [5.74, 6) is 1.53. The summed E-state index contributed by atoms with van der Waals surface area (Å²) in [5, 5.41) is 6.36. The summed E-state index contributed by atoms with van der Waals surface area (Å²) < 4.78 is 0. The highest BCUT2D eigenvalue weighted by Crippen LogP contribution is 2.12. The van der Waals surface area contributed by atoms with Crippen molar-refractivity contribution in [1.82, 2.24) is 10.6 Å². The van der Waals surface area contributed by atoms with Crippen LogP contribution in [0.4, 0.5) is 0 Å². The zero-order valence-corrected chi connectivity index (χ0v) is 11.4. The quantitative estimate of drug-likeness (QED) is 0.779. The summed E-state index contributed by atoms with van der Waals surface area (Å²) in [7, 11) is 0. The minimum Gasteiger partial charge on any atom is -0.356 e. The average molecular weight is 249 g/mol. The summed E-state index contributed by atoms with van der Waals surface area (Å²) in [4.78, 5) is 11.6. The Kier molecular flexibility index (Phi) is 7.77. The molecule has 4 heteroatoms. The van der Waals surface area contributed by atoms with Gasteiger partial charge in [-0.3, -0.25) is 4.79 Å². The maximum atomic E-state index is 11.6. The second-order valence-electron chi connectivity index (χ2n) is 4.97. The molecule has 0 saturated carbocycles. The lowest BCUT2D eigenvalue weighted by Crippen LogP contribution is -2.33. The molecule has 0 aliphatic carbocycles. The van der Waals surface area contributed by atoms with Gasteiger partial charge in [0.1, 0.15) is 0 Å². The van der Waals surface area contributed by atoms with Gasteiger partial charge in [0.05, 0.1) is 0 Å². The molecule has 0 spiro atoms. The van der Waals surface area contributed by atoms with Crippen molar-refractivity contribution in [3.63, 3.8) is 0 Å². The number of rotatable bonds is 5. The molecule has 1 fully saturated rings. The minimum absolute atomic E-state index is 0. The first kappa shape index (κ1) is 15.7. The van der Waals surface area contributed by atoms with E-state index in [1.807, 2.05) is 6.92 Å². The van der Waals surface area contributed by atoms with Gasteiger partial charge in [0.25, 0.3) is 0 Å². The van der Waals surface area contributed by atoms with Gasteiger partial charge >= 0.3 is 0 Å². The summed E-state index contributed by atoms with van der Waals surface area (Å²) >= 11 is 0. The Morgan fingerprint density at radius 2 is 2.12 bits per heavy atom. The summed E-state index contributed by atoms with van der Waals surface area (Å²) in [6.45, 7) is 9.27. The van der Waals surface area contributed by atoms with Crippen LogP contribution in [-0.2, 0) is 4.79 Å². The molecule has 3 nitrogen and oxygen atoms in total. The molecule has 1 heterocycles. The number of carbonyl (C=O) groups excluding carboxylic acids is 1. The number of nitrogens with one attached hydrogen (secondary N) is 2. The van der Waals surface area contributed by atoms with Crippen molar-refractivity contribution in [3.05, 3.63) is 0 Å². The molecule has 1 aliphatic heterocycles. The molecule has 2 N–H and O–H groups in total. The number of carbonyl (C=O) groups is 1. The van der Waals surface area contributed by atoms with Crippen LogP contribution in [0, 0.1) is 17.8 Å². The topological polar surface area (TPSA) is 41.1 Å². The van der Waals surface area contributed by atoms with E-state index in [-0.39, 0.29) is 24.2 Å². The van der Waals surface area contributed by atoms with Crippen molar-refractivity contribution < 1.29 is 4.79 Å². The maximum Gasteiger partial charge on any atom is 0.223 e. The molecule has 16 heavy (non-hydrogen) atoms. The molecule has 1 amide bonds. The molecule has 1 aliphatic rings. The first-order valence-corrected chi connectivity index (χ1v) is 6.09. The van der Waals surface area contributed by atoms with E-state index in [0.717, 1.165) is 32.0 Å². The van der Waals surface area contributed by atoms with Crippen LogP contribution < -0.4 is 10.6 Å². The number of hydrogen-bond donors (Lipinski definition) is 2. The van der Waals surface area contributed by atoms with E-state index in [1.165, 1.54) is 6.42 Å². The molecular formula is C12H25ClN2O. The Balaban J connectivity index is 0.00000225. The average Bonchev–Trinajstić information content (AvgIpc) is 2.69. The van der Waals surface area contributed by atoms with E-state index >= 15 is 0 Å². The molecule has 0 bridgehead atoms. The lowest BCUT2D eigenvalue weighted by Gasteiger charge is -2.16. The lowest BCUT2D eigenvalue weighted by atomic mass is 9.97. The van der Waals surface area contributed by atoms with Crippen LogP contribution in [-0.4, -0.2) is 25.5 Å². The van der Waals surface area contributed by atoms with Gasteiger partial charge in [-0.25, -0.2) is 0 Å². The lowest BCUT2D eigenvalue weighted by molar-refractivity contribution is -0.125. The Hall–Kier alpha value is -0.280. The van der Waals surface area contributed by atoms with Gasteiger partial charge in [-0.05, 0) is 37.8 Å². The fraction of sp³-hybridized carbons (Fsp3) is 0.917. The van der Waals surface area contributed by atoms with Crippen molar-refractivity contribution in [2.45, 2.75) is 33.6 Å². The monoisotopic (exact) mass is 248 g/mol. The summed E-state index contributed by atoms with van der Waals surface area (Å²) in [6, 6.07) is 0. The molecule has 2 atom stereocenters. The molecular weight excluding hydrogens is 224 g/mol. The fourth-order valence-corrected chi connectivity index (χ4v) is 1.82. The summed E-state index contributed by atoms with van der Waals surface area (Å²) in [6.07, 6.45) is 2.37. The first-order chi connectivity index (χ1) is 7.11. The standard InChI is InChI=1S/C12H24N2O.ClH/c1-9(2)10(3)12(15)14-7-5-11-4-6-13-8-11;/h9-11,13H,4-8H2,1-3H3,(H,14,15);1H. The summed E-state index contributed by atoms with van der Waals surface area (Å²) in [5.41, 5.74) is 0. The Morgan fingerprint density at radius 3 is 2.62 bits per heavy atom. The minimum atomic E-state index is 0. The highest BCUT2D eigenvalue weighted by Gasteiger charge is 2.17. The SMILES string of the molecule is CC(C)C(C)C(=O)NCCC1CCNC1.Cl. The zero-order valence-electron chi connectivity index (χ0n) is 10.6. The third-order valence-corrected chi connectivity index (χ3v) is 3.43. The molecule has 0 aromatic carbocycles. The number of hydrogen-bond acceptors (Lipinski definition) is 2. The molecule has 1 saturated heterocycles. The zero-order chi connectivity index (χ0) is 11.3. The van der Waals surface area contributed by atoms with Crippen LogP contribution in [0.5, 0.6) is 0 Å². The second-order valence-corrected chi connectivity index (χ2v) is 4.97. The van der Waals surface area contributed by atoms with E-state index in [9.17, 15) is 4.79 Å². The van der Waals surface area contributed by atoms with Gasteiger partial charge < -0.3 is 10.6 Å². The molecule has 1 rings (SSSR count). The van der Waals surface area contributed by atoms with E-state index in [1.54, 1.807) is 0 Å². The van der Waals surface area contributed by atoms with Gasteiger partial charge in [-0.15, -0.1) is 12.4 Å². The van der Waals surface area contributed by atoms with Gasteiger partial charge in [0, 0.05) is 12.5 Å². The molecule has 0 aromatic heterocycles. The molecule has 0 aromatic rings. The van der Waals surface area contributed by atoms with Crippen LogP contribution >= 0.6 is 12.4 Å². The van der Waals surface area contributed by atoms with Gasteiger partial charge in [-0.1, -0.05) is 20.8 Å². The number of halogens is 1. The molecule has 2 unspecified atom stereocenters. The van der Waals surface area contributed by atoms with Gasteiger partial charge in [0.15, 0.2) is 0 Å². The Bertz CT molecular complexity index is 203. The van der Waals surface area contributed by atoms with E-state index < -0.39 is 0 Å². The Morgan fingerprint density at radius 1 is 1.44 bits per heavy atom.